The third-order valence-corrected chi connectivity index (χ3v) is 6.06. The molecule has 1 amide bonds. The lowest BCUT2D eigenvalue weighted by Gasteiger charge is -2.19. The fourth-order valence-electron chi connectivity index (χ4n) is 3.07. The first-order valence-electron chi connectivity index (χ1n) is 7.59. The average Bonchev–Trinajstić information content (AvgIpc) is 2.85. The van der Waals surface area contributed by atoms with E-state index in [0.29, 0.717) is 16.0 Å². The van der Waals surface area contributed by atoms with E-state index in [2.05, 4.69) is 5.32 Å². The first-order chi connectivity index (χ1) is 11.5. The normalized spacial score (nSPS) is 20.3. The van der Waals surface area contributed by atoms with Crippen LogP contribution in [0.3, 0.4) is 0 Å². The van der Waals surface area contributed by atoms with Crippen LogP contribution in [0.5, 0.6) is 5.75 Å². The number of ether oxygens (including phenoxy) is 1. The molecule has 0 spiro atoms. The highest BCUT2D eigenvalue weighted by molar-refractivity contribution is 7.91. The predicted octanol–water partition coefficient (Wildman–Crippen LogP) is 2.11. The Morgan fingerprint density at radius 3 is 2.71 bits per heavy atom. The van der Waals surface area contributed by atoms with Gasteiger partial charge in [-0.15, -0.1) is 0 Å². The maximum atomic E-state index is 12.5. The molecule has 2 aromatic rings. The summed E-state index contributed by atoms with van der Waals surface area (Å²) >= 11 is 0. The first kappa shape index (κ1) is 15.0. The van der Waals surface area contributed by atoms with Gasteiger partial charge in [-0.3, -0.25) is 4.79 Å². The van der Waals surface area contributed by atoms with Crippen molar-refractivity contribution in [3.63, 3.8) is 0 Å². The number of rotatable bonds is 2. The Hall–Kier alpha value is -2.60. The van der Waals surface area contributed by atoms with Gasteiger partial charge in [0.15, 0.2) is 9.84 Å². The molecule has 24 heavy (non-hydrogen) atoms. The van der Waals surface area contributed by atoms with Gasteiger partial charge < -0.3 is 10.1 Å². The molecule has 0 unspecified atom stereocenters. The number of sulfone groups is 1. The lowest BCUT2D eigenvalue weighted by atomic mass is 10.1. The Bertz CT molecular complexity index is 962. The van der Waals surface area contributed by atoms with E-state index in [1.807, 2.05) is 24.3 Å². The SMILES string of the molecule is O=C(N[C@@H]1CS(=O)(=O)c2ccccc21)C1=Cc2ccccc2OC1. The van der Waals surface area contributed by atoms with Crippen molar-refractivity contribution in [1.29, 1.82) is 0 Å². The minimum atomic E-state index is -3.35. The second kappa shape index (κ2) is 5.49. The molecule has 2 aromatic carbocycles. The van der Waals surface area contributed by atoms with Crippen molar-refractivity contribution in [2.45, 2.75) is 10.9 Å². The van der Waals surface area contributed by atoms with Crippen LogP contribution in [0.2, 0.25) is 0 Å². The smallest absolute Gasteiger partial charge is 0.251 e. The van der Waals surface area contributed by atoms with Crippen LogP contribution < -0.4 is 10.1 Å². The fraction of sp³-hybridized carbons (Fsp3) is 0.167. The molecule has 0 aliphatic carbocycles. The summed E-state index contributed by atoms with van der Waals surface area (Å²) in [5.74, 6) is 0.326. The molecule has 1 atom stereocenters. The van der Waals surface area contributed by atoms with Crippen molar-refractivity contribution in [1.82, 2.24) is 5.32 Å². The van der Waals surface area contributed by atoms with Crippen molar-refractivity contribution in [3.8, 4) is 5.75 Å². The molecule has 2 heterocycles. The summed E-state index contributed by atoms with van der Waals surface area (Å²) in [5, 5.41) is 2.82. The molecule has 0 saturated heterocycles. The number of nitrogens with one attached hydrogen (secondary N) is 1. The zero-order valence-electron chi connectivity index (χ0n) is 12.7. The number of amides is 1. The van der Waals surface area contributed by atoms with E-state index in [4.69, 9.17) is 4.74 Å². The van der Waals surface area contributed by atoms with Gasteiger partial charge >= 0.3 is 0 Å². The Labute approximate surface area is 139 Å². The van der Waals surface area contributed by atoms with Crippen LogP contribution >= 0.6 is 0 Å². The van der Waals surface area contributed by atoms with Crippen LogP contribution in [-0.2, 0) is 14.6 Å². The van der Waals surface area contributed by atoms with Gasteiger partial charge in [-0.1, -0.05) is 36.4 Å². The second-order valence-corrected chi connectivity index (χ2v) is 7.84. The third kappa shape index (κ3) is 2.49. The Balaban J connectivity index is 1.59. The molecule has 0 aromatic heterocycles. The van der Waals surface area contributed by atoms with E-state index < -0.39 is 15.9 Å². The van der Waals surface area contributed by atoms with Gasteiger partial charge in [-0.25, -0.2) is 8.42 Å². The van der Waals surface area contributed by atoms with Crippen molar-refractivity contribution in [2.24, 2.45) is 0 Å². The molecule has 1 N–H and O–H groups in total. The third-order valence-electron chi connectivity index (χ3n) is 4.24. The largest absolute Gasteiger partial charge is 0.488 e. The summed E-state index contributed by atoms with van der Waals surface area (Å²) in [6, 6.07) is 13.7. The minimum absolute atomic E-state index is 0.108. The van der Waals surface area contributed by atoms with E-state index in [9.17, 15) is 13.2 Å². The molecular formula is C18H15NO4S. The van der Waals surface area contributed by atoms with E-state index >= 15 is 0 Å². The zero-order chi connectivity index (χ0) is 16.7. The van der Waals surface area contributed by atoms with Crippen LogP contribution in [0.25, 0.3) is 6.08 Å². The quantitative estimate of drug-likeness (QED) is 0.908. The lowest BCUT2D eigenvalue weighted by Crippen LogP contribution is -2.33. The highest BCUT2D eigenvalue weighted by atomic mass is 32.2. The van der Waals surface area contributed by atoms with Gasteiger partial charge in [0.1, 0.15) is 12.4 Å². The van der Waals surface area contributed by atoms with Gasteiger partial charge in [-0.2, -0.15) is 0 Å². The summed E-state index contributed by atoms with van der Waals surface area (Å²) in [6.07, 6.45) is 1.78. The van der Waals surface area contributed by atoms with Gasteiger partial charge in [0, 0.05) is 5.56 Å². The predicted molar refractivity (Wildman–Crippen MR) is 89.3 cm³/mol. The molecule has 0 radical (unpaired) electrons. The van der Waals surface area contributed by atoms with Crippen LogP contribution in [0.1, 0.15) is 17.2 Å². The van der Waals surface area contributed by atoms with Crippen molar-refractivity contribution in [2.75, 3.05) is 12.4 Å². The standard InChI is InChI=1S/C18H15NO4S/c20-18(13-9-12-5-1-3-7-16(12)23-10-13)19-15-11-24(21,22)17-8-4-2-6-14(15)17/h1-9,15H,10-11H2,(H,19,20)/t15-/m1/s1. The van der Waals surface area contributed by atoms with Crippen LogP contribution in [0, 0.1) is 0 Å². The number of para-hydroxylation sites is 1. The maximum Gasteiger partial charge on any atom is 0.251 e. The number of benzene rings is 2. The number of hydrogen-bond donors (Lipinski definition) is 1. The van der Waals surface area contributed by atoms with E-state index in [1.54, 1.807) is 30.3 Å². The highest BCUT2D eigenvalue weighted by Gasteiger charge is 2.35. The Morgan fingerprint density at radius 1 is 1.08 bits per heavy atom. The molecule has 5 nitrogen and oxygen atoms in total. The van der Waals surface area contributed by atoms with Crippen molar-refractivity contribution < 1.29 is 17.9 Å². The minimum Gasteiger partial charge on any atom is -0.488 e. The Morgan fingerprint density at radius 2 is 1.83 bits per heavy atom. The van der Waals surface area contributed by atoms with Gasteiger partial charge in [0.05, 0.1) is 22.3 Å². The zero-order valence-corrected chi connectivity index (χ0v) is 13.5. The van der Waals surface area contributed by atoms with Crippen LogP contribution in [0.15, 0.2) is 59.0 Å². The van der Waals surface area contributed by atoms with E-state index in [0.717, 1.165) is 11.3 Å². The first-order valence-corrected chi connectivity index (χ1v) is 9.25. The van der Waals surface area contributed by atoms with Crippen LogP contribution in [-0.4, -0.2) is 26.7 Å². The van der Waals surface area contributed by atoms with E-state index in [1.165, 1.54) is 0 Å². The summed E-state index contributed by atoms with van der Waals surface area (Å²) in [5.41, 5.74) is 1.97. The molecule has 0 fully saturated rings. The average molecular weight is 341 g/mol. The summed E-state index contributed by atoms with van der Waals surface area (Å²) in [6.45, 7) is 0.171. The van der Waals surface area contributed by atoms with Gasteiger partial charge in [0.2, 0.25) is 0 Å². The van der Waals surface area contributed by atoms with Gasteiger partial charge in [0.25, 0.3) is 5.91 Å². The fourth-order valence-corrected chi connectivity index (χ4v) is 4.80. The van der Waals surface area contributed by atoms with Crippen molar-refractivity contribution in [3.05, 3.63) is 65.2 Å². The number of carbonyl (C=O) groups is 1. The molecule has 4 rings (SSSR count). The monoisotopic (exact) mass is 341 g/mol. The topological polar surface area (TPSA) is 72.5 Å². The molecule has 2 aliphatic heterocycles. The summed E-state index contributed by atoms with van der Waals surface area (Å²) < 4.78 is 30.0. The van der Waals surface area contributed by atoms with Crippen molar-refractivity contribution >= 4 is 21.8 Å². The summed E-state index contributed by atoms with van der Waals surface area (Å²) in [7, 11) is -3.35. The van der Waals surface area contributed by atoms with E-state index in [-0.39, 0.29) is 18.3 Å². The summed E-state index contributed by atoms with van der Waals surface area (Å²) in [4.78, 5) is 12.8. The number of hydrogen-bond acceptors (Lipinski definition) is 4. The van der Waals surface area contributed by atoms with Crippen LogP contribution in [0.4, 0.5) is 0 Å². The molecular weight excluding hydrogens is 326 g/mol. The molecule has 2 aliphatic rings. The number of fused-ring (bicyclic) bond motifs is 2. The second-order valence-electron chi connectivity index (χ2n) is 5.84. The maximum absolute atomic E-state index is 12.5. The molecule has 122 valence electrons. The molecule has 0 bridgehead atoms. The number of carbonyl (C=O) groups excluding carboxylic acids is 1. The molecule has 0 saturated carbocycles. The molecule has 6 heteroatoms. The lowest BCUT2D eigenvalue weighted by molar-refractivity contribution is -0.118. The highest BCUT2D eigenvalue weighted by Crippen LogP contribution is 2.33. The van der Waals surface area contributed by atoms with Gasteiger partial charge in [-0.05, 0) is 23.8 Å². The Kier molecular flexibility index (Phi) is 3.42.